The van der Waals surface area contributed by atoms with E-state index in [-0.39, 0.29) is 12.1 Å². The van der Waals surface area contributed by atoms with E-state index in [0.29, 0.717) is 6.42 Å². The van der Waals surface area contributed by atoms with Crippen molar-refractivity contribution in [1.82, 2.24) is 0 Å². The second-order valence-corrected chi connectivity index (χ2v) is 5.01. The lowest BCUT2D eigenvalue weighted by molar-refractivity contribution is -0.140. The van der Waals surface area contributed by atoms with Crippen LogP contribution in [0.4, 0.5) is 0 Å². The summed E-state index contributed by atoms with van der Waals surface area (Å²) < 4.78 is 4.59. The zero-order valence-electron chi connectivity index (χ0n) is 12.1. The molecule has 0 aromatic rings. The van der Waals surface area contributed by atoms with E-state index in [0.717, 1.165) is 32.1 Å². The molecule has 0 aliphatic heterocycles. The summed E-state index contributed by atoms with van der Waals surface area (Å²) in [6.07, 6.45) is 11.8. The van der Waals surface area contributed by atoms with Crippen molar-refractivity contribution in [3.63, 3.8) is 0 Å². The van der Waals surface area contributed by atoms with Crippen molar-refractivity contribution in [3.8, 4) is 0 Å². The zero-order valence-corrected chi connectivity index (χ0v) is 12.1. The Hall–Kier alpha value is -0.570. The number of carbonyl (C=O) groups is 1. The average molecular weight is 258 g/mol. The van der Waals surface area contributed by atoms with Gasteiger partial charge in [0.1, 0.15) is 0 Å². The van der Waals surface area contributed by atoms with Gasteiger partial charge in [-0.25, -0.2) is 0 Å². The SMILES string of the molecule is CC[C@H](O)CCCCCCCCCCC(=O)OC. The first kappa shape index (κ1) is 17.4. The Balaban J connectivity index is 3.05. The lowest BCUT2D eigenvalue weighted by Crippen LogP contribution is -2.03. The number of esters is 1. The van der Waals surface area contributed by atoms with Gasteiger partial charge < -0.3 is 9.84 Å². The van der Waals surface area contributed by atoms with Crippen LogP contribution in [0.5, 0.6) is 0 Å². The Morgan fingerprint density at radius 2 is 1.50 bits per heavy atom. The second-order valence-electron chi connectivity index (χ2n) is 5.01. The van der Waals surface area contributed by atoms with Crippen LogP contribution in [0.1, 0.15) is 77.6 Å². The lowest BCUT2D eigenvalue weighted by Gasteiger charge is -2.06. The standard InChI is InChI=1S/C15H30O3/c1-3-14(16)12-10-8-6-4-5-7-9-11-13-15(17)18-2/h14,16H,3-13H2,1-2H3/t14-/m0/s1. The van der Waals surface area contributed by atoms with E-state index in [1.54, 1.807) is 0 Å². The van der Waals surface area contributed by atoms with E-state index in [4.69, 9.17) is 0 Å². The van der Waals surface area contributed by atoms with Gasteiger partial charge in [0.05, 0.1) is 13.2 Å². The lowest BCUT2D eigenvalue weighted by atomic mass is 10.0. The predicted octanol–water partition coefficient (Wildman–Crippen LogP) is 3.83. The fourth-order valence-electron chi connectivity index (χ4n) is 2.02. The predicted molar refractivity (Wildman–Crippen MR) is 74.5 cm³/mol. The van der Waals surface area contributed by atoms with E-state index < -0.39 is 0 Å². The Labute approximate surface area is 112 Å². The van der Waals surface area contributed by atoms with Crippen LogP contribution in [0.2, 0.25) is 0 Å². The molecule has 0 unspecified atom stereocenters. The first-order valence-corrected chi connectivity index (χ1v) is 7.45. The van der Waals surface area contributed by atoms with E-state index in [1.165, 1.54) is 39.2 Å². The fraction of sp³-hybridized carbons (Fsp3) is 0.933. The van der Waals surface area contributed by atoms with Crippen molar-refractivity contribution < 1.29 is 14.6 Å². The Morgan fingerprint density at radius 3 is 2.00 bits per heavy atom. The highest BCUT2D eigenvalue weighted by molar-refractivity contribution is 5.68. The maximum atomic E-state index is 10.9. The summed E-state index contributed by atoms with van der Waals surface area (Å²) >= 11 is 0. The quantitative estimate of drug-likeness (QED) is 0.427. The van der Waals surface area contributed by atoms with E-state index >= 15 is 0 Å². The third-order valence-electron chi connectivity index (χ3n) is 3.37. The molecule has 1 atom stereocenters. The van der Waals surface area contributed by atoms with Gasteiger partial charge >= 0.3 is 5.97 Å². The minimum Gasteiger partial charge on any atom is -0.469 e. The number of unbranched alkanes of at least 4 members (excludes halogenated alkanes) is 7. The number of ether oxygens (including phenoxy) is 1. The molecule has 0 aliphatic carbocycles. The van der Waals surface area contributed by atoms with E-state index in [1.807, 2.05) is 6.92 Å². The molecule has 0 spiro atoms. The van der Waals surface area contributed by atoms with Gasteiger partial charge in [0, 0.05) is 6.42 Å². The summed E-state index contributed by atoms with van der Waals surface area (Å²) in [5.74, 6) is -0.0931. The highest BCUT2D eigenvalue weighted by atomic mass is 16.5. The molecule has 0 saturated carbocycles. The van der Waals surface area contributed by atoms with Crippen LogP contribution in [-0.4, -0.2) is 24.3 Å². The van der Waals surface area contributed by atoms with Crippen molar-refractivity contribution in [1.29, 1.82) is 0 Å². The Morgan fingerprint density at radius 1 is 1.00 bits per heavy atom. The smallest absolute Gasteiger partial charge is 0.305 e. The molecule has 3 nitrogen and oxygen atoms in total. The van der Waals surface area contributed by atoms with E-state index in [9.17, 15) is 9.90 Å². The normalized spacial score (nSPS) is 12.4. The van der Waals surface area contributed by atoms with Crippen LogP contribution in [-0.2, 0) is 9.53 Å². The monoisotopic (exact) mass is 258 g/mol. The largest absolute Gasteiger partial charge is 0.469 e. The molecule has 0 saturated heterocycles. The molecule has 1 N–H and O–H groups in total. The molecule has 0 fully saturated rings. The van der Waals surface area contributed by atoms with Crippen LogP contribution in [0, 0.1) is 0 Å². The second kappa shape index (κ2) is 12.9. The number of hydrogen-bond acceptors (Lipinski definition) is 3. The van der Waals surface area contributed by atoms with Gasteiger partial charge in [0.25, 0.3) is 0 Å². The van der Waals surface area contributed by atoms with Crippen molar-refractivity contribution in [3.05, 3.63) is 0 Å². The number of rotatable bonds is 12. The number of aliphatic hydroxyl groups excluding tert-OH is 1. The third-order valence-corrected chi connectivity index (χ3v) is 3.37. The van der Waals surface area contributed by atoms with Crippen molar-refractivity contribution in [2.75, 3.05) is 7.11 Å². The molecule has 0 heterocycles. The molecule has 0 rings (SSSR count). The van der Waals surface area contributed by atoms with Crippen LogP contribution < -0.4 is 0 Å². The number of aliphatic hydroxyl groups is 1. The molecule has 0 aromatic carbocycles. The first-order chi connectivity index (χ1) is 8.70. The minimum absolute atomic E-state index is 0.0931. The van der Waals surface area contributed by atoms with Gasteiger partial charge in [-0.3, -0.25) is 4.79 Å². The van der Waals surface area contributed by atoms with Crippen LogP contribution in [0.25, 0.3) is 0 Å². The molecule has 0 radical (unpaired) electrons. The summed E-state index contributed by atoms with van der Waals surface area (Å²) in [7, 11) is 1.44. The van der Waals surface area contributed by atoms with Gasteiger partial charge in [-0.2, -0.15) is 0 Å². The summed E-state index contributed by atoms with van der Waals surface area (Å²) in [6, 6.07) is 0. The zero-order chi connectivity index (χ0) is 13.6. The molecular weight excluding hydrogens is 228 g/mol. The molecule has 18 heavy (non-hydrogen) atoms. The highest BCUT2D eigenvalue weighted by Crippen LogP contribution is 2.12. The van der Waals surface area contributed by atoms with Gasteiger partial charge in [-0.05, 0) is 19.3 Å². The fourth-order valence-corrected chi connectivity index (χ4v) is 2.02. The summed E-state index contributed by atoms with van der Waals surface area (Å²) in [5.41, 5.74) is 0. The number of methoxy groups -OCH3 is 1. The van der Waals surface area contributed by atoms with Gasteiger partial charge in [-0.1, -0.05) is 51.9 Å². The number of hydrogen-bond donors (Lipinski definition) is 1. The molecule has 0 bridgehead atoms. The maximum absolute atomic E-state index is 10.9. The minimum atomic E-state index is -0.0941. The summed E-state index contributed by atoms with van der Waals surface area (Å²) in [4.78, 5) is 10.9. The molecular formula is C15H30O3. The summed E-state index contributed by atoms with van der Waals surface area (Å²) in [5, 5.41) is 9.39. The topological polar surface area (TPSA) is 46.5 Å². The highest BCUT2D eigenvalue weighted by Gasteiger charge is 2.00. The molecule has 3 heteroatoms. The van der Waals surface area contributed by atoms with Crippen LogP contribution >= 0.6 is 0 Å². The maximum Gasteiger partial charge on any atom is 0.305 e. The summed E-state index contributed by atoms with van der Waals surface area (Å²) in [6.45, 7) is 2.03. The first-order valence-electron chi connectivity index (χ1n) is 7.45. The Bertz CT molecular complexity index is 192. The Kier molecular flexibility index (Phi) is 12.5. The van der Waals surface area contributed by atoms with Crippen molar-refractivity contribution >= 4 is 5.97 Å². The van der Waals surface area contributed by atoms with Gasteiger partial charge in [-0.15, -0.1) is 0 Å². The van der Waals surface area contributed by atoms with Crippen LogP contribution in [0.3, 0.4) is 0 Å². The van der Waals surface area contributed by atoms with E-state index in [2.05, 4.69) is 4.74 Å². The third kappa shape index (κ3) is 11.9. The molecule has 0 aliphatic rings. The molecule has 0 aromatic heterocycles. The van der Waals surface area contributed by atoms with Gasteiger partial charge in [0.2, 0.25) is 0 Å². The van der Waals surface area contributed by atoms with Crippen molar-refractivity contribution in [2.24, 2.45) is 0 Å². The molecule has 108 valence electrons. The van der Waals surface area contributed by atoms with Gasteiger partial charge in [0.15, 0.2) is 0 Å². The average Bonchev–Trinajstić information content (AvgIpc) is 2.40. The van der Waals surface area contributed by atoms with Crippen LogP contribution in [0.15, 0.2) is 0 Å². The van der Waals surface area contributed by atoms with Crippen molar-refractivity contribution in [2.45, 2.75) is 83.7 Å². The number of carbonyl (C=O) groups excluding carboxylic acids is 1. The molecule has 0 amide bonds.